The highest BCUT2D eigenvalue weighted by atomic mass is 35.5. The lowest BCUT2D eigenvalue weighted by atomic mass is 10.0. The number of methoxy groups -OCH3 is 1. The number of fused-ring (bicyclic) bond motifs is 1. The van der Waals surface area contributed by atoms with Gasteiger partial charge in [-0.1, -0.05) is 35.7 Å². The molecule has 1 aliphatic carbocycles. The van der Waals surface area contributed by atoms with Gasteiger partial charge < -0.3 is 35.1 Å². The minimum absolute atomic E-state index is 0.339. The van der Waals surface area contributed by atoms with E-state index >= 15 is 0 Å². The van der Waals surface area contributed by atoms with Gasteiger partial charge in [0.1, 0.15) is 11.6 Å². The van der Waals surface area contributed by atoms with E-state index in [2.05, 4.69) is 33.4 Å². The van der Waals surface area contributed by atoms with E-state index in [0.717, 1.165) is 42.3 Å². The number of halogens is 1. The van der Waals surface area contributed by atoms with Crippen LogP contribution in [0.1, 0.15) is 30.4 Å². The van der Waals surface area contributed by atoms with Crippen molar-refractivity contribution in [1.82, 2.24) is 14.3 Å². The Morgan fingerprint density at radius 1 is 1.31 bits per heavy atom. The molecule has 3 fully saturated rings. The van der Waals surface area contributed by atoms with Gasteiger partial charge in [0, 0.05) is 44.0 Å². The standard InChI is InChI=1S/C27H30ClN7O3S/c1-38-20-6-2-17(3-7-20)16-34(19-4-5-19)23-15-30-26(32-23)31-21-12-18(14-29)13-22(24(21)28)33-9-10-35-27(37,25(33)36)8-11-39-35/h2-3,6-7,12-13,15,19,25,36-37H,4-5,8-11,16H2,1H3,(H2,30,31,32). The number of aromatic nitrogens is 2. The number of nitriles is 1. The van der Waals surface area contributed by atoms with Crippen molar-refractivity contribution in [3.63, 3.8) is 0 Å². The number of piperazine rings is 1. The summed E-state index contributed by atoms with van der Waals surface area (Å²) in [6.45, 7) is 1.73. The Morgan fingerprint density at radius 2 is 2.10 bits per heavy atom. The Balaban J connectivity index is 1.24. The molecule has 2 aromatic carbocycles. The maximum Gasteiger partial charge on any atom is 0.206 e. The zero-order valence-electron chi connectivity index (χ0n) is 21.5. The molecule has 0 bridgehead atoms. The summed E-state index contributed by atoms with van der Waals surface area (Å²) in [5.41, 5.74) is 1.15. The lowest BCUT2D eigenvalue weighted by molar-refractivity contribution is -0.150. The number of rotatable bonds is 8. The Bertz CT molecular complexity index is 1390. The molecule has 2 saturated heterocycles. The van der Waals surface area contributed by atoms with Crippen molar-refractivity contribution in [3.05, 3.63) is 58.7 Å². The third-order valence-corrected chi connectivity index (χ3v) is 9.10. The van der Waals surface area contributed by atoms with Crippen LogP contribution in [0.5, 0.6) is 5.75 Å². The predicted octanol–water partition coefficient (Wildman–Crippen LogP) is 4.04. The first-order valence-electron chi connectivity index (χ1n) is 12.9. The van der Waals surface area contributed by atoms with E-state index in [1.165, 1.54) is 11.9 Å². The highest BCUT2D eigenvalue weighted by Crippen LogP contribution is 2.44. The van der Waals surface area contributed by atoms with Gasteiger partial charge in [-0.25, -0.2) is 4.31 Å². The van der Waals surface area contributed by atoms with E-state index in [-0.39, 0.29) is 0 Å². The molecule has 3 heterocycles. The molecule has 4 N–H and O–H groups in total. The van der Waals surface area contributed by atoms with Crippen LogP contribution < -0.4 is 19.9 Å². The molecular formula is C27H30ClN7O3S. The van der Waals surface area contributed by atoms with E-state index < -0.39 is 12.0 Å². The quantitative estimate of drug-likeness (QED) is 0.296. The van der Waals surface area contributed by atoms with Gasteiger partial charge >= 0.3 is 0 Å². The summed E-state index contributed by atoms with van der Waals surface area (Å²) >= 11 is 8.38. The largest absolute Gasteiger partial charge is 0.497 e. The van der Waals surface area contributed by atoms with Crippen LogP contribution in [-0.2, 0) is 6.54 Å². The molecule has 2 aliphatic heterocycles. The number of hydrogen-bond donors (Lipinski definition) is 4. The molecule has 0 spiro atoms. The first kappa shape index (κ1) is 26.1. The van der Waals surface area contributed by atoms with Crippen molar-refractivity contribution < 1.29 is 14.9 Å². The van der Waals surface area contributed by atoms with Gasteiger partial charge in [-0.15, -0.1) is 0 Å². The first-order valence-corrected chi connectivity index (χ1v) is 14.2. The van der Waals surface area contributed by atoms with Crippen LogP contribution in [0.2, 0.25) is 5.02 Å². The normalized spacial score (nSPS) is 22.8. The number of imidazole rings is 1. The maximum atomic E-state index is 11.1. The molecule has 2 atom stereocenters. The SMILES string of the molecule is COc1ccc(CN(c2c[nH]c(Nc3cc(C#N)cc(N4CCN5SCCC5(O)C4O)c3Cl)n2)C2CC2)cc1. The third kappa shape index (κ3) is 4.99. The molecule has 3 aliphatic rings. The van der Waals surface area contributed by atoms with Crippen molar-refractivity contribution in [2.45, 2.75) is 43.8 Å². The Labute approximate surface area is 236 Å². The number of ether oxygens (including phenoxy) is 1. The number of hydrogen-bond acceptors (Lipinski definition) is 10. The van der Waals surface area contributed by atoms with E-state index in [9.17, 15) is 15.5 Å². The molecule has 2 unspecified atom stereocenters. The molecule has 1 aromatic heterocycles. The van der Waals surface area contributed by atoms with Crippen molar-refractivity contribution >= 4 is 46.7 Å². The van der Waals surface area contributed by atoms with Crippen LogP contribution in [0.3, 0.4) is 0 Å². The summed E-state index contributed by atoms with van der Waals surface area (Å²) < 4.78 is 7.11. The monoisotopic (exact) mass is 567 g/mol. The number of nitrogens with one attached hydrogen (secondary N) is 2. The Kier molecular flexibility index (Phi) is 6.99. The van der Waals surface area contributed by atoms with E-state index in [0.29, 0.717) is 53.5 Å². The highest BCUT2D eigenvalue weighted by Gasteiger charge is 2.52. The zero-order valence-corrected chi connectivity index (χ0v) is 23.0. The fourth-order valence-electron chi connectivity index (χ4n) is 5.22. The van der Waals surface area contributed by atoms with Crippen LogP contribution in [0.25, 0.3) is 0 Å². The molecule has 39 heavy (non-hydrogen) atoms. The van der Waals surface area contributed by atoms with Crippen LogP contribution in [0.4, 0.5) is 23.1 Å². The molecule has 204 valence electrons. The summed E-state index contributed by atoms with van der Waals surface area (Å²) in [6.07, 6.45) is 3.36. The molecule has 10 nitrogen and oxygen atoms in total. The second-order valence-electron chi connectivity index (χ2n) is 10.0. The van der Waals surface area contributed by atoms with E-state index in [4.69, 9.17) is 21.3 Å². The summed E-state index contributed by atoms with van der Waals surface area (Å²) in [5.74, 6) is 2.86. The van der Waals surface area contributed by atoms with E-state index in [1.807, 2.05) is 22.6 Å². The second kappa shape index (κ2) is 10.4. The molecule has 0 radical (unpaired) electrons. The summed E-state index contributed by atoms with van der Waals surface area (Å²) in [7, 11) is 1.66. The van der Waals surface area contributed by atoms with Gasteiger partial charge in [0.2, 0.25) is 5.95 Å². The van der Waals surface area contributed by atoms with Crippen molar-refractivity contribution in [1.29, 1.82) is 5.26 Å². The lowest BCUT2D eigenvalue weighted by Gasteiger charge is -2.47. The number of aromatic amines is 1. The van der Waals surface area contributed by atoms with Gasteiger partial charge in [-0.3, -0.25) is 0 Å². The van der Waals surface area contributed by atoms with Gasteiger partial charge in [0.15, 0.2) is 12.0 Å². The van der Waals surface area contributed by atoms with Gasteiger partial charge in [-0.05, 0) is 42.7 Å². The fourth-order valence-corrected chi connectivity index (χ4v) is 6.71. The third-order valence-electron chi connectivity index (χ3n) is 7.50. The predicted molar refractivity (Wildman–Crippen MR) is 152 cm³/mol. The van der Waals surface area contributed by atoms with Crippen molar-refractivity contribution in [2.75, 3.05) is 41.1 Å². The van der Waals surface area contributed by atoms with Gasteiger partial charge in [-0.2, -0.15) is 10.2 Å². The lowest BCUT2D eigenvalue weighted by Crippen LogP contribution is -2.64. The van der Waals surface area contributed by atoms with Crippen molar-refractivity contribution in [2.24, 2.45) is 0 Å². The number of aliphatic hydroxyl groups excluding tert-OH is 1. The summed E-state index contributed by atoms with van der Waals surface area (Å²) in [5, 5.41) is 35.6. The molecule has 6 rings (SSSR count). The number of aliphatic hydroxyl groups is 2. The maximum absolute atomic E-state index is 11.1. The van der Waals surface area contributed by atoms with Crippen molar-refractivity contribution in [3.8, 4) is 11.8 Å². The fraction of sp³-hybridized carbons (Fsp3) is 0.407. The highest BCUT2D eigenvalue weighted by molar-refractivity contribution is 7.97. The van der Waals surface area contributed by atoms with Crippen LogP contribution in [0, 0.1) is 11.3 Å². The minimum Gasteiger partial charge on any atom is -0.497 e. The Morgan fingerprint density at radius 3 is 2.82 bits per heavy atom. The van der Waals surface area contributed by atoms with Crippen LogP contribution in [-0.4, -0.2) is 68.4 Å². The smallest absolute Gasteiger partial charge is 0.206 e. The average Bonchev–Trinajstić information content (AvgIpc) is 3.56. The first-order chi connectivity index (χ1) is 18.9. The topological polar surface area (TPSA) is 124 Å². The zero-order chi connectivity index (χ0) is 27.1. The van der Waals surface area contributed by atoms with Gasteiger partial charge in [0.25, 0.3) is 0 Å². The molecule has 12 heteroatoms. The number of nitrogens with zero attached hydrogens (tertiary/aromatic N) is 5. The molecule has 3 aromatic rings. The number of H-pyrrole nitrogens is 1. The Hall–Kier alpha value is -3.14. The van der Waals surface area contributed by atoms with E-state index in [1.54, 1.807) is 24.1 Å². The number of anilines is 4. The summed E-state index contributed by atoms with van der Waals surface area (Å²) in [6, 6.07) is 14.0. The minimum atomic E-state index is -1.37. The molecule has 0 amide bonds. The molecular weight excluding hydrogens is 538 g/mol. The van der Waals surface area contributed by atoms with Crippen LogP contribution in [0.15, 0.2) is 42.6 Å². The van der Waals surface area contributed by atoms with Gasteiger partial charge in [0.05, 0.1) is 35.1 Å². The number of benzene rings is 2. The molecule has 1 saturated carbocycles. The van der Waals surface area contributed by atoms with Crippen LogP contribution >= 0.6 is 23.5 Å². The average molecular weight is 568 g/mol. The second-order valence-corrected chi connectivity index (χ2v) is 11.5. The summed E-state index contributed by atoms with van der Waals surface area (Å²) in [4.78, 5) is 11.9.